The average Bonchev–Trinajstić information content (AvgIpc) is 2.63. The fraction of sp³-hybridized carbons (Fsp3) is 0.647. The third kappa shape index (κ3) is 1.52. The van der Waals surface area contributed by atoms with Crippen LogP contribution in [0.1, 0.15) is 51.2 Å². The van der Waals surface area contributed by atoms with Crippen molar-refractivity contribution in [3.05, 3.63) is 29.3 Å². The summed E-state index contributed by atoms with van der Waals surface area (Å²) in [6, 6.07) is 6.69. The molecule has 2 aliphatic carbocycles. The second kappa shape index (κ2) is 3.76. The molecule has 2 atom stereocenters. The first-order valence-corrected chi connectivity index (χ1v) is 7.15. The van der Waals surface area contributed by atoms with Crippen LogP contribution in [0.2, 0.25) is 0 Å². The number of rotatable bonds is 1. The van der Waals surface area contributed by atoms with E-state index in [1.165, 1.54) is 25.7 Å². The van der Waals surface area contributed by atoms with Crippen molar-refractivity contribution in [1.82, 2.24) is 0 Å². The highest BCUT2D eigenvalue weighted by atomic mass is 16.5. The number of ether oxygens (including phenoxy) is 1. The molecule has 0 radical (unpaired) electrons. The molecule has 3 rings (SSSR count). The van der Waals surface area contributed by atoms with Crippen molar-refractivity contribution in [2.45, 2.75) is 51.9 Å². The van der Waals surface area contributed by atoms with Gasteiger partial charge in [0.05, 0.1) is 7.11 Å². The summed E-state index contributed by atoms with van der Waals surface area (Å²) in [6.45, 7) is 7.39. The van der Waals surface area contributed by atoms with Crippen LogP contribution in [0.3, 0.4) is 0 Å². The molecule has 0 bridgehead atoms. The van der Waals surface area contributed by atoms with Crippen LogP contribution in [0.4, 0.5) is 0 Å². The van der Waals surface area contributed by atoms with Gasteiger partial charge in [0.25, 0.3) is 0 Å². The van der Waals surface area contributed by atoms with Crippen molar-refractivity contribution < 1.29 is 4.74 Å². The maximum absolute atomic E-state index is 5.42. The molecule has 0 amide bonds. The third-order valence-electron chi connectivity index (χ3n) is 5.59. The second-order valence-corrected chi connectivity index (χ2v) is 7.04. The van der Waals surface area contributed by atoms with E-state index in [0.29, 0.717) is 10.8 Å². The first-order chi connectivity index (χ1) is 8.47. The van der Waals surface area contributed by atoms with Crippen LogP contribution in [0.25, 0.3) is 0 Å². The summed E-state index contributed by atoms with van der Waals surface area (Å²) >= 11 is 0. The minimum atomic E-state index is 0.367. The molecular formula is C17H24O. The highest BCUT2D eigenvalue weighted by Gasteiger charge is 2.51. The molecule has 1 heteroatoms. The second-order valence-electron chi connectivity index (χ2n) is 7.04. The summed E-state index contributed by atoms with van der Waals surface area (Å²) in [5, 5.41) is 0. The summed E-state index contributed by atoms with van der Waals surface area (Å²) in [4.78, 5) is 0. The molecule has 0 spiro atoms. The largest absolute Gasteiger partial charge is 0.497 e. The van der Waals surface area contributed by atoms with Gasteiger partial charge in [0.1, 0.15) is 5.75 Å². The molecule has 98 valence electrons. The predicted molar refractivity (Wildman–Crippen MR) is 75.2 cm³/mol. The van der Waals surface area contributed by atoms with Gasteiger partial charge in [-0.3, -0.25) is 0 Å². The van der Waals surface area contributed by atoms with Gasteiger partial charge in [0, 0.05) is 0 Å². The van der Waals surface area contributed by atoms with Crippen molar-refractivity contribution in [1.29, 1.82) is 0 Å². The van der Waals surface area contributed by atoms with Crippen molar-refractivity contribution in [2.24, 2.45) is 11.3 Å². The molecular weight excluding hydrogens is 220 g/mol. The Labute approximate surface area is 111 Å². The molecule has 0 N–H and O–H groups in total. The Morgan fingerprint density at radius 3 is 2.67 bits per heavy atom. The lowest BCUT2D eigenvalue weighted by atomic mass is 9.57. The predicted octanol–water partition coefficient (Wildman–Crippen LogP) is 4.34. The Morgan fingerprint density at radius 1 is 1.17 bits per heavy atom. The molecule has 1 nitrogen and oxygen atoms in total. The van der Waals surface area contributed by atoms with E-state index in [1.807, 2.05) is 0 Å². The lowest BCUT2D eigenvalue weighted by Gasteiger charge is -2.47. The highest BCUT2D eigenvalue weighted by molar-refractivity contribution is 5.46. The third-order valence-corrected chi connectivity index (χ3v) is 5.59. The van der Waals surface area contributed by atoms with Crippen LogP contribution in [-0.4, -0.2) is 7.11 Å². The molecule has 2 aliphatic rings. The Kier molecular flexibility index (Phi) is 2.52. The van der Waals surface area contributed by atoms with E-state index in [1.54, 1.807) is 18.2 Å². The Bertz CT molecular complexity index is 474. The van der Waals surface area contributed by atoms with Gasteiger partial charge in [0.15, 0.2) is 0 Å². The monoisotopic (exact) mass is 244 g/mol. The van der Waals surface area contributed by atoms with Crippen LogP contribution in [0.15, 0.2) is 18.2 Å². The van der Waals surface area contributed by atoms with Crippen molar-refractivity contribution in [3.63, 3.8) is 0 Å². The molecule has 1 fully saturated rings. The first kappa shape index (κ1) is 12.1. The van der Waals surface area contributed by atoms with Gasteiger partial charge in [-0.05, 0) is 59.3 Å². The van der Waals surface area contributed by atoms with Crippen LogP contribution >= 0.6 is 0 Å². The molecule has 0 saturated heterocycles. The molecule has 0 aliphatic heterocycles. The summed E-state index contributed by atoms with van der Waals surface area (Å²) in [7, 11) is 1.77. The van der Waals surface area contributed by atoms with Gasteiger partial charge < -0.3 is 4.74 Å². The van der Waals surface area contributed by atoms with E-state index in [4.69, 9.17) is 4.74 Å². The smallest absolute Gasteiger partial charge is 0.119 e. The average molecular weight is 244 g/mol. The number of hydrogen-bond acceptors (Lipinski definition) is 1. The molecule has 0 unspecified atom stereocenters. The number of methoxy groups -OCH3 is 1. The zero-order valence-corrected chi connectivity index (χ0v) is 12.0. The lowest BCUT2D eigenvalue weighted by Crippen LogP contribution is -2.42. The summed E-state index contributed by atoms with van der Waals surface area (Å²) in [5.74, 6) is 1.81. The summed E-state index contributed by atoms with van der Waals surface area (Å²) in [5.41, 5.74) is 3.95. The van der Waals surface area contributed by atoms with Gasteiger partial charge in [0.2, 0.25) is 0 Å². The Morgan fingerprint density at radius 2 is 1.94 bits per heavy atom. The van der Waals surface area contributed by atoms with Gasteiger partial charge in [-0.2, -0.15) is 0 Å². The van der Waals surface area contributed by atoms with E-state index in [9.17, 15) is 0 Å². The number of fused-ring (bicyclic) bond motifs is 3. The lowest BCUT2D eigenvalue weighted by molar-refractivity contribution is 0.0701. The molecule has 0 aromatic heterocycles. The van der Waals surface area contributed by atoms with E-state index in [0.717, 1.165) is 11.7 Å². The fourth-order valence-corrected chi connectivity index (χ4v) is 4.56. The van der Waals surface area contributed by atoms with Gasteiger partial charge in [-0.25, -0.2) is 0 Å². The molecule has 1 aromatic carbocycles. The van der Waals surface area contributed by atoms with Crippen molar-refractivity contribution in [3.8, 4) is 5.75 Å². The quantitative estimate of drug-likeness (QED) is 0.714. The zero-order chi connectivity index (χ0) is 13.0. The SMILES string of the molecule is COc1ccc2c(c1)[C@]1(C)CCCC(C)(C)[C@@H]1C2. The van der Waals surface area contributed by atoms with Crippen LogP contribution < -0.4 is 4.74 Å². The highest BCUT2D eigenvalue weighted by Crippen LogP contribution is 2.58. The molecule has 0 heterocycles. The fourth-order valence-electron chi connectivity index (χ4n) is 4.56. The van der Waals surface area contributed by atoms with E-state index >= 15 is 0 Å². The minimum Gasteiger partial charge on any atom is -0.497 e. The molecule has 1 aromatic rings. The van der Waals surface area contributed by atoms with E-state index in [2.05, 4.69) is 39.0 Å². The topological polar surface area (TPSA) is 9.23 Å². The van der Waals surface area contributed by atoms with Gasteiger partial charge >= 0.3 is 0 Å². The van der Waals surface area contributed by atoms with Crippen molar-refractivity contribution in [2.75, 3.05) is 7.11 Å². The minimum absolute atomic E-state index is 0.367. The van der Waals surface area contributed by atoms with Gasteiger partial charge in [-0.15, -0.1) is 0 Å². The van der Waals surface area contributed by atoms with E-state index < -0.39 is 0 Å². The molecule has 18 heavy (non-hydrogen) atoms. The van der Waals surface area contributed by atoms with Crippen LogP contribution in [0, 0.1) is 11.3 Å². The van der Waals surface area contributed by atoms with Crippen LogP contribution in [0.5, 0.6) is 5.75 Å². The summed E-state index contributed by atoms with van der Waals surface area (Å²) < 4.78 is 5.42. The van der Waals surface area contributed by atoms with E-state index in [-0.39, 0.29) is 0 Å². The standard InChI is InChI=1S/C17H24O/c1-16(2)8-5-9-17(3)14-11-13(18-4)7-6-12(14)10-15(16)17/h6-7,11,15H,5,8-10H2,1-4H3/t15-,17-/m0/s1. The van der Waals surface area contributed by atoms with Crippen LogP contribution in [-0.2, 0) is 11.8 Å². The molecule has 1 saturated carbocycles. The Hall–Kier alpha value is -0.980. The maximum atomic E-state index is 5.42. The Balaban J connectivity index is 2.10. The first-order valence-electron chi connectivity index (χ1n) is 7.15. The van der Waals surface area contributed by atoms with Crippen molar-refractivity contribution >= 4 is 0 Å². The maximum Gasteiger partial charge on any atom is 0.119 e. The number of hydrogen-bond donors (Lipinski definition) is 0. The summed E-state index contributed by atoms with van der Waals surface area (Å²) in [6.07, 6.45) is 5.32. The number of benzene rings is 1. The normalized spacial score (nSPS) is 32.8. The zero-order valence-electron chi connectivity index (χ0n) is 12.0. The van der Waals surface area contributed by atoms with Gasteiger partial charge in [-0.1, -0.05) is 33.3 Å².